The Hall–Kier alpha value is -2.92. The highest BCUT2D eigenvalue weighted by Crippen LogP contribution is 2.35. The first kappa shape index (κ1) is 19.1. The molecule has 2 heterocycles. The average Bonchev–Trinajstić information content (AvgIpc) is 3.13. The van der Waals surface area contributed by atoms with E-state index in [4.69, 9.17) is 4.98 Å². The molecule has 0 saturated heterocycles. The van der Waals surface area contributed by atoms with Crippen molar-refractivity contribution < 1.29 is 5.11 Å². The maximum absolute atomic E-state index is 13.7. The number of benzene rings is 2. The zero-order valence-electron chi connectivity index (χ0n) is 17.0. The third-order valence-electron chi connectivity index (χ3n) is 5.95. The molecule has 5 heteroatoms. The highest BCUT2D eigenvalue weighted by molar-refractivity contribution is 7.18. The van der Waals surface area contributed by atoms with E-state index in [0.717, 1.165) is 46.4 Å². The van der Waals surface area contributed by atoms with Crippen molar-refractivity contribution in [1.82, 2.24) is 9.55 Å². The van der Waals surface area contributed by atoms with E-state index in [1.807, 2.05) is 28.8 Å². The number of nitrogens with zero attached hydrogens (tertiary/aromatic N) is 2. The highest BCUT2D eigenvalue weighted by atomic mass is 32.1. The fourth-order valence-electron chi connectivity index (χ4n) is 4.27. The van der Waals surface area contributed by atoms with Crippen LogP contribution in [0, 0.1) is 6.92 Å². The summed E-state index contributed by atoms with van der Waals surface area (Å²) in [7, 11) is 0. The lowest BCUT2D eigenvalue weighted by molar-refractivity contribution is 0.475. The minimum atomic E-state index is 0.0775. The molecule has 5 rings (SSSR count). The maximum atomic E-state index is 13.7. The first-order valence-corrected chi connectivity index (χ1v) is 11.3. The van der Waals surface area contributed by atoms with E-state index in [0.29, 0.717) is 13.0 Å². The summed E-state index contributed by atoms with van der Waals surface area (Å²) in [4.78, 5) is 20.9. The van der Waals surface area contributed by atoms with Crippen LogP contribution in [-0.4, -0.2) is 14.7 Å². The molecule has 30 heavy (non-hydrogen) atoms. The molecular formula is C25H24N2O2S. The summed E-state index contributed by atoms with van der Waals surface area (Å²) in [5, 5.41) is 10.4. The van der Waals surface area contributed by atoms with Crippen LogP contribution < -0.4 is 5.56 Å². The molecule has 4 nitrogen and oxygen atoms in total. The molecule has 1 aliphatic rings. The number of rotatable bonds is 4. The first-order valence-electron chi connectivity index (χ1n) is 10.5. The van der Waals surface area contributed by atoms with Crippen molar-refractivity contribution in [3.8, 4) is 17.1 Å². The zero-order chi connectivity index (χ0) is 20.7. The molecule has 2 aromatic carbocycles. The molecule has 0 spiro atoms. The van der Waals surface area contributed by atoms with Gasteiger partial charge in [-0.3, -0.25) is 9.36 Å². The van der Waals surface area contributed by atoms with Gasteiger partial charge in [-0.25, -0.2) is 4.98 Å². The number of aromatic hydroxyl groups is 1. The summed E-state index contributed by atoms with van der Waals surface area (Å²) < 4.78 is 1.85. The fraction of sp³-hybridized carbons (Fsp3) is 0.280. The largest absolute Gasteiger partial charge is 0.508 e. The van der Waals surface area contributed by atoms with Crippen molar-refractivity contribution in [1.29, 1.82) is 0 Å². The molecule has 1 aliphatic carbocycles. The quantitative estimate of drug-likeness (QED) is 0.494. The van der Waals surface area contributed by atoms with Gasteiger partial charge in [0, 0.05) is 17.0 Å². The lowest BCUT2D eigenvalue weighted by Crippen LogP contribution is -2.25. The Morgan fingerprint density at radius 2 is 1.77 bits per heavy atom. The van der Waals surface area contributed by atoms with Crippen LogP contribution >= 0.6 is 11.3 Å². The summed E-state index contributed by atoms with van der Waals surface area (Å²) in [6.45, 7) is 2.62. The molecule has 0 bridgehead atoms. The van der Waals surface area contributed by atoms with Crippen molar-refractivity contribution in [3.63, 3.8) is 0 Å². The van der Waals surface area contributed by atoms with Crippen LogP contribution in [0.1, 0.15) is 34.4 Å². The van der Waals surface area contributed by atoms with Crippen molar-refractivity contribution in [3.05, 3.63) is 80.5 Å². The Labute approximate surface area is 179 Å². The van der Waals surface area contributed by atoms with E-state index in [2.05, 4.69) is 19.1 Å². The van der Waals surface area contributed by atoms with Gasteiger partial charge in [-0.1, -0.05) is 42.0 Å². The molecule has 0 fully saturated rings. The number of phenolic OH excluding ortho intramolecular Hbond substituents is 1. The van der Waals surface area contributed by atoms with E-state index in [1.165, 1.54) is 22.4 Å². The van der Waals surface area contributed by atoms with Crippen LogP contribution in [0.15, 0.2) is 53.3 Å². The summed E-state index contributed by atoms with van der Waals surface area (Å²) in [5.41, 5.74) is 4.55. The molecule has 4 aromatic rings. The Balaban J connectivity index is 1.65. The van der Waals surface area contributed by atoms with E-state index in [-0.39, 0.29) is 11.3 Å². The predicted octanol–water partition coefficient (Wildman–Crippen LogP) is 5.26. The Bertz CT molecular complexity index is 1270. The summed E-state index contributed by atoms with van der Waals surface area (Å²) in [5.74, 6) is 0.995. The second-order valence-electron chi connectivity index (χ2n) is 8.07. The second-order valence-corrected chi connectivity index (χ2v) is 9.15. The lowest BCUT2D eigenvalue weighted by Gasteiger charge is -2.14. The van der Waals surface area contributed by atoms with Gasteiger partial charge in [-0.2, -0.15) is 0 Å². The normalized spacial score (nSPS) is 13.5. The maximum Gasteiger partial charge on any atom is 0.262 e. The molecule has 152 valence electrons. The minimum Gasteiger partial charge on any atom is -0.508 e. The van der Waals surface area contributed by atoms with Gasteiger partial charge in [0.2, 0.25) is 0 Å². The topological polar surface area (TPSA) is 55.1 Å². The number of aryl methyl sites for hydroxylation is 4. The molecule has 0 atom stereocenters. The van der Waals surface area contributed by atoms with Gasteiger partial charge in [0.25, 0.3) is 5.56 Å². The van der Waals surface area contributed by atoms with Gasteiger partial charge in [-0.15, -0.1) is 11.3 Å². The van der Waals surface area contributed by atoms with Crippen LogP contribution in [-0.2, 0) is 25.8 Å². The standard InChI is InChI=1S/C25H24N2O2S/c1-16-6-10-18(11-7-16)23-26-24-22(20-4-2-3-5-21(20)30-24)25(29)27(23)15-14-17-8-12-19(28)13-9-17/h6-13,28H,2-5,14-15H2,1H3. The molecule has 1 N–H and O–H groups in total. The molecule has 0 aliphatic heterocycles. The molecule has 2 aromatic heterocycles. The number of hydrogen-bond donors (Lipinski definition) is 1. The Kier molecular flexibility index (Phi) is 4.91. The summed E-state index contributed by atoms with van der Waals surface area (Å²) in [6, 6.07) is 15.4. The van der Waals surface area contributed by atoms with Crippen molar-refractivity contribution in [2.45, 2.75) is 45.6 Å². The van der Waals surface area contributed by atoms with Crippen LogP contribution in [0.25, 0.3) is 21.6 Å². The van der Waals surface area contributed by atoms with E-state index < -0.39 is 0 Å². The predicted molar refractivity (Wildman–Crippen MR) is 123 cm³/mol. The van der Waals surface area contributed by atoms with Gasteiger partial charge in [0.05, 0.1) is 5.39 Å². The van der Waals surface area contributed by atoms with Gasteiger partial charge in [0.1, 0.15) is 16.4 Å². The monoisotopic (exact) mass is 416 g/mol. The Morgan fingerprint density at radius 3 is 2.53 bits per heavy atom. The average molecular weight is 417 g/mol. The van der Waals surface area contributed by atoms with E-state index >= 15 is 0 Å². The van der Waals surface area contributed by atoms with Crippen LogP contribution in [0.2, 0.25) is 0 Å². The fourth-order valence-corrected chi connectivity index (χ4v) is 5.52. The number of thiophene rings is 1. The molecule has 0 saturated carbocycles. The van der Waals surface area contributed by atoms with Crippen LogP contribution in [0.4, 0.5) is 0 Å². The van der Waals surface area contributed by atoms with E-state index in [9.17, 15) is 9.90 Å². The highest BCUT2D eigenvalue weighted by Gasteiger charge is 2.22. The van der Waals surface area contributed by atoms with Crippen molar-refractivity contribution in [2.75, 3.05) is 0 Å². The minimum absolute atomic E-state index is 0.0775. The molecule has 0 radical (unpaired) electrons. The SMILES string of the molecule is Cc1ccc(-c2nc3sc4c(c3c(=O)n2CCc2ccc(O)cc2)CCCC4)cc1. The van der Waals surface area contributed by atoms with Crippen molar-refractivity contribution >= 4 is 21.6 Å². The third-order valence-corrected chi connectivity index (χ3v) is 7.13. The van der Waals surface area contributed by atoms with Gasteiger partial charge >= 0.3 is 0 Å². The Morgan fingerprint density at radius 1 is 1.03 bits per heavy atom. The smallest absolute Gasteiger partial charge is 0.262 e. The second kappa shape index (κ2) is 7.73. The van der Waals surface area contributed by atoms with Crippen LogP contribution in [0.3, 0.4) is 0 Å². The van der Waals surface area contributed by atoms with Gasteiger partial charge in [0.15, 0.2) is 0 Å². The molecule has 0 unspecified atom stereocenters. The van der Waals surface area contributed by atoms with E-state index in [1.54, 1.807) is 23.5 Å². The third kappa shape index (κ3) is 3.43. The van der Waals surface area contributed by atoms with Gasteiger partial charge < -0.3 is 5.11 Å². The van der Waals surface area contributed by atoms with Crippen LogP contribution in [0.5, 0.6) is 5.75 Å². The summed E-state index contributed by atoms with van der Waals surface area (Å²) >= 11 is 1.70. The molecular weight excluding hydrogens is 392 g/mol. The zero-order valence-corrected chi connectivity index (χ0v) is 17.8. The number of fused-ring (bicyclic) bond motifs is 3. The summed E-state index contributed by atoms with van der Waals surface area (Å²) in [6.07, 6.45) is 5.08. The van der Waals surface area contributed by atoms with Gasteiger partial charge in [-0.05, 0) is 62.3 Å². The number of phenols is 1. The number of aromatic nitrogens is 2. The lowest BCUT2D eigenvalue weighted by atomic mass is 9.97. The number of hydrogen-bond acceptors (Lipinski definition) is 4. The molecule has 0 amide bonds. The van der Waals surface area contributed by atoms with Crippen molar-refractivity contribution in [2.24, 2.45) is 0 Å². The first-order chi connectivity index (χ1) is 14.6.